The monoisotopic (exact) mass is 247 g/mol. The molecular formula is C12H16F3NO. The second-order valence-corrected chi connectivity index (χ2v) is 3.89. The fourth-order valence-electron chi connectivity index (χ4n) is 1.33. The number of benzene rings is 1. The Bertz CT molecular complexity index is 365. The lowest BCUT2D eigenvalue weighted by Crippen LogP contribution is -2.31. The quantitative estimate of drug-likeness (QED) is 0.884. The van der Waals surface area contributed by atoms with Gasteiger partial charge in [0.25, 0.3) is 0 Å². The smallest absolute Gasteiger partial charge is 0.425 e. The molecule has 0 spiro atoms. The maximum atomic E-state index is 12.3. The van der Waals surface area contributed by atoms with Crippen LogP contribution in [-0.4, -0.2) is 12.3 Å². The summed E-state index contributed by atoms with van der Waals surface area (Å²) in [6, 6.07) is 6.28. The molecule has 1 aromatic carbocycles. The van der Waals surface area contributed by atoms with Crippen molar-refractivity contribution in [1.29, 1.82) is 0 Å². The molecule has 96 valence electrons. The first-order valence-corrected chi connectivity index (χ1v) is 5.43. The van der Waals surface area contributed by atoms with Crippen molar-refractivity contribution >= 4 is 0 Å². The summed E-state index contributed by atoms with van der Waals surface area (Å²) in [5.41, 5.74) is 6.58. The average Bonchev–Trinajstić information content (AvgIpc) is 2.27. The molecule has 5 heteroatoms. The molecule has 0 aliphatic rings. The first-order valence-electron chi connectivity index (χ1n) is 5.43. The molecule has 0 bridgehead atoms. The first-order chi connectivity index (χ1) is 7.84. The zero-order valence-corrected chi connectivity index (χ0v) is 9.79. The third kappa shape index (κ3) is 3.93. The van der Waals surface area contributed by atoms with Crippen molar-refractivity contribution in [2.75, 3.05) is 0 Å². The Balaban J connectivity index is 2.79. The fourth-order valence-corrected chi connectivity index (χ4v) is 1.33. The Kier molecular flexibility index (Phi) is 4.40. The molecule has 1 rings (SSSR count). The molecule has 0 saturated heterocycles. The van der Waals surface area contributed by atoms with Crippen LogP contribution < -0.4 is 10.5 Å². The minimum Gasteiger partial charge on any atom is -0.481 e. The van der Waals surface area contributed by atoms with E-state index in [9.17, 15) is 13.2 Å². The van der Waals surface area contributed by atoms with Crippen molar-refractivity contribution in [3.8, 4) is 5.75 Å². The average molecular weight is 247 g/mol. The Morgan fingerprint density at radius 2 is 2.00 bits per heavy atom. The summed E-state index contributed by atoms with van der Waals surface area (Å²) < 4.78 is 41.8. The lowest BCUT2D eigenvalue weighted by Gasteiger charge is -2.18. The van der Waals surface area contributed by atoms with Gasteiger partial charge in [-0.2, -0.15) is 13.2 Å². The van der Waals surface area contributed by atoms with Crippen molar-refractivity contribution in [2.24, 2.45) is 5.73 Å². The molecule has 0 amide bonds. The minimum atomic E-state index is -4.36. The molecule has 0 aromatic heterocycles. The summed E-state index contributed by atoms with van der Waals surface area (Å²) in [6.07, 6.45) is -5.46. The standard InChI is InChI=1S/C12H16F3NO/c1-3-11(16)9-5-4-6-10(7-9)17-8(2)12(13,14)15/h4-8,11H,3,16H2,1-2H3. The SMILES string of the molecule is CCC(N)c1cccc(OC(C)C(F)(F)F)c1. The van der Waals surface area contributed by atoms with Gasteiger partial charge in [-0.3, -0.25) is 0 Å². The fraction of sp³-hybridized carbons (Fsp3) is 0.500. The third-order valence-electron chi connectivity index (χ3n) is 2.50. The van der Waals surface area contributed by atoms with Gasteiger partial charge in [0.2, 0.25) is 0 Å². The topological polar surface area (TPSA) is 35.2 Å². The highest BCUT2D eigenvalue weighted by atomic mass is 19.4. The van der Waals surface area contributed by atoms with Crippen molar-refractivity contribution < 1.29 is 17.9 Å². The molecule has 17 heavy (non-hydrogen) atoms. The molecule has 0 heterocycles. The minimum absolute atomic E-state index is 0.181. The van der Waals surface area contributed by atoms with Crippen molar-refractivity contribution in [1.82, 2.24) is 0 Å². The highest BCUT2D eigenvalue weighted by molar-refractivity contribution is 5.30. The molecular weight excluding hydrogens is 231 g/mol. The van der Waals surface area contributed by atoms with Gasteiger partial charge in [-0.1, -0.05) is 19.1 Å². The molecule has 0 aliphatic carbocycles. The van der Waals surface area contributed by atoms with Crippen LogP contribution >= 0.6 is 0 Å². The third-order valence-corrected chi connectivity index (χ3v) is 2.50. The number of hydrogen-bond donors (Lipinski definition) is 1. The summed E-state index contributed by atoms with van der Waals surface area (Å²) in [5.74, 6) is 0.191. The Morgan fingerprint density at radius 1 is 1.35 bits per heavy atom. The van der Waals surface area contributed by atoms with E-state index in [1.165, 1.54) is 6.07 Å². The van der Waals surface area contributed by atoms with Crippen LogP contribution in [-0.2, 0) is 0 Å². The Morgan fingerprint density at radius 3 is 2.53 bits per heavy atom. The van der Waals surface area contributed by atoms with E-state index in [1.807, 2.05) is 6.92 Å². The molecule has 0 aliphatic heterocycles. The molecule has 0 radical (unpaired) electrons. The van der Waals surface area contributed by atoms with Crippen LogP contribution in [0.4, 0.5) is 13.2 Å². The zero-order chi connectivity index (χ0) is 13.1. The summed E-state index contributed by atoms with van der Waals surface area (Å²) in [4.78, 5) is 0. The summed E-state index contributed by atoms with van der Waals surface area (Å²) in [5, 5.41) is 0. The molecule has 2 atom stereocenters. The van der Waals surface area contributed by atoms with E-state index >= 15 is 0 Å². The highest BCUT2D eigenvalue weighted by Gasteiger charge is 2.38. The van der Waals surface area contributed by atoms with E-state index in [2.05, 4.69) is 0 Å². The van der Waals surface area contributed by atoms with Gasteiger partial charge in [-0.15, -0.1) is 0 Å². The number of rotatable bonds is 4. The van der Waals surface area contributed by atoms with Crippen LogP contribution in [0.5, 0.6) is 5.75 Å². The largest absolute Gasteiger partial charge is 0.481 e. The van der Waals surface area contributed by atoms with Crippen LogP contribution in [0.15, 0.2) is 24.3 Å². The van der Waals surface area contributed by atoms with Crippen LogP contribution in [0.2, 0.25) is 0 Å². The number of nitrogens with two attached hydrogens (primary N) is 1. The van der Waals surface area contributed by atoms with Crippen LogP contribution in [0.1, 0.15) is 31.9 Å². The predicted molar refractivity (Wildman–Crippen MR) is 59.8 cm³/mol. The number of halogens is 3. The molecule has 0 fully saturated rings. The number of alkyl halides is 3. The van der Waals surface area contributed by atoms with Gasteiger partial charge in [0.15, 0.2) is 6.10 Å². The van der Waals surface area contributed by atoms with Gasteiger partial charge in [0.05, 0.1) is 0 Å². The zero-order valence-electron chi connectivity index (χ0n) is 9.79. The van der Waals surface area contributed by atoms with Crippen molar-refractivity contribution in [3.63, 3.8) is 0 Å². The molecule has 2 N–H and O–H groups in total. The van der Waals surface area contributed by atoms with Crippen molar-refractivity contribution in [2.45, 2.75) is 38.6 Å². The molecule has 2 nitrogen and oxygen atoms in total. The summed E-state index contributed by atoms with van der Waals surface area (Å²) in [7, 11) is 0. The highest BCUT2D eigenvalue weighted by Crippen LogP contribution is 2.26. The normalized spacial score (nSPS) is 15.4. The van der Waals surface area contributed by atoms with Gasteiger partial charge in [-0.25, -0.2) is 0 Å². The van der Waals surface area contributed by atoms with Gasteiger partial charge in [0.1, 0.15) is 5.75 Å². The summed E-state index contributed by atoms with van der Waals surface area (Å²) >= 11 is 0. The lowest BCUT2D eigenvalue weighted by atomic mass is 10.1. The van der Waals surface area contributed by atoms with Gasteiger partial charge in [0, 0.05) is 6.04 Å². The van der Waals surface area contributed by atoms with Crippen LogP contribution in [0.3, 0.4) is 0 Å². The van der Waals surface area contributed by atoms with E-state index in [-0.39, 0.29) is 11.8 Å². The van der Waals surface area contributed by atoms with E-state index in [0.29, 0.717) is 0 Å². The number of ether oxygens (including phenoxy) is 1. The number of hydrogen-bond acceptors (Lipinski definition) is 2. The predicted octanol–water partition coefficient (Wildman–Crippen LogP) is 3.43. The van der Waals surface area contributed by atoms with Crippen LogP contribution in [0, 0.1) is 0 Å². The summed E-state index contributed by atoms with van der Waals surface area (Å²) in [6.45, 7) is 2.89. The van der Waals surface area contributed by atoms with E-state index in [1.54, 1.807) is 18.2 Å². The molecule has 2 unspecified atom stereocenters. The van der Waals surface area contributed by atoms with E-state index in [4.69, 9.17) is 10.5 Å². The second kappa shape index (κ2) is 5.40. The van der Waals surface area contributed by atoms with Crippen LogP contribution in [0.25, 0.3) is 0 Å². The van der Waals surface area contributed by atoms with Gasteiger partial charge >= 0.3 is 6.18 Å². The Labute approximate surface area is 98.6 Å². The second-order valence-electron chi connectivity index (χ2n) is 3.89. The molecule has 0 saturated carbocycles. The van der Waals surface area contributed by atoms with Gasteiger partial charge < -0.3 is 10.5 Å². The van der Waals surface area contributed by atoms with Crippen molar-refractivity contribution in [3.05, 3.63) is 29.8 Å². The first kappa shape index (κ1) is 13.8. The maximum absolute atomic E-state index is 12.3. The van der Waals surface area contributed by atoms with E-state index in [0.717, 1.165) is 18.9 Å². The Hall–Kier alpha value is -1.23. The molecule has 1 aromatic rings. The lowest BCUT2D eigenvalue weighted by molar-refractivity contribution is -0.189. The maximum Gasteiger partial charge on any atom is 0.425 e. The van der Waals surface area contributed by atoms with E-state index < -0.39 is 12.3 Å². The van der Waals surface area contributed by atoms with Gasteiger partial charge in [-0.05, 0) is 31.0 Å².